The number of rotatable bonds is 0. The van der Waals surface area contributed by atoms with Crippen molar-refractivity contribution in [3.8, 4) is 0 Å². The summed E-state index contributed by atoms with van der Waals surface area (Å²) < 4.78 is 1.22. The van der Waals surface area contributed by atoms with Gasteiger partial charge in [0.1, 0.15) is 0 Å². The molecule has 2 atom stereocenters. The fourth-order valence-corrected chi connectivity index (χ4v) is 3.19. The number of fused-ring (bicyclic) bond motifs is 3. The van der Waals surface area contributed by atoms with Crippen molar-refractivity contribution < 1.29 is 0 Å². The van der Waals surface area contributed by atoms with E-state index in [1.54, 1.807) is 0 Å². The SMILES string of the molecule is Brc1cccc2c1NC1CCCC21. The fraction of sp³-hybridized carbons (Fsp3) is 0.455. The van der Waals surface area contributed by atoms with Crippen LogP contribution in [0, 0.1) is 0 Å². The van der Waals surface area contributed by atoms with Gasteiger partial charge in [-0.15, -0.1) is 0 Å². The van der Waals surface area contributed by atoms with E-state index in [0.29, 0.717) is 6.04 Å². The summed E-state index contributed by atoms with van der Waals surface area (Å²) in [7, 11) is 0. The van der Waals surface area contributed by atoms with Gasteiger partial charge in [-0.2, -0.15) is 0 Å². The summed E-state index contributed by atoms with van der Waals surface area (Å²) in [6.45, 7) is 0. The van der Waals surface area contributed by atoms with Crippen molar-refractivity contribution >= 4 is 21.6 Å². The highest BCUT2D eigenvalue weighted by atomic mass is 79.9. The molecule has 3 rings (SSSR count). The van der Waals surface area contributed by atoms with Crippen LogP contribution >= 0.6 is 15.9 Å². The van der Waals surface area contributed by atoms with Gasteiger partial charge in [0.2, 0.25) is 0 Å². The number of anilines is 1. The van der Waals surface area contributed by atoms with Crippen molar-refractivity contribution in [2.24, 2.45) is 0 Å². The average molecular weight is 238 g/mol. The third kappa shape index (κ3) is 1.05. The van der Waals surface area contributed by atoms with E-state index in [1.807, 2.05) is 0 Å². The van der Waals surface area contributed by atoms with E-state index in [-0.39, 0.29) is 0 Å². The van der Waals surface area contributed by atoms with Crippen LogP contribution < -0.4 is 5.32 Å². The zero-order chi connectivity index (χ0) is 8.84. The van der Waals surface area contributed by atoms with Crippen LogP contribution in [0.25, 0.3) is 0 Å². The van der Waals surface area contributed by atoms with Gasteiger partial charge < -0.3 is 5.32 Å². The van der Waals surface area contributed by atoms with Crippen LogP contribution in [-0.2, 0) is 0 Å². The minimum Gasteiger partial charge on any atom is -0.381 e. The monoisotopic (exact) mass is 237 g/mol. The number of halogens is 1. The van der Waals surface area contributed by atoms with Crippen molar-refractivity contribution in [1.29, 1.82) is 0 Å². The molecule has 0 saturated heterocycles. The maximum Gasteiger partial charge on any atom is 0.0523 e. The number of para-hydroxylation sites is 1. The zero-order valence-corrected chi connectivity index (χ0v) is 8.97. The Kier molecular flexibility index (Phi) is 1.66. The van der Waals surface area contributed by atoms with Gasteiger partial charge in [-0.1, -0.05) is 18.6 Å². The highest BCUT2D eigenvalue weighted by molar-refractivity contribution is 9.10. The number of hydrogen-bond acceptors (Lipinski definition) is 1. The Hall–Kier alpha value is -0.500. The molecule has 1 nitrogen and oxygen atoms in total. The van der Waals surface area contributed by atoms with Gasteiger partial charge in [-0.05, 0) is 40.4 Å². The molecular formula is C11H12BrN. The van der Waals surface area contributed by atoms with Gasteiger partial charge in [-0.3, -0.25) is 0 Å². The van der Waals surface area contributed by atoms with Crippen LogP contribution in [0.5, 0.6) is 0 Å². The molecular weight excluding hydrogens is 226 g/mol. The van der Waals surface area contributed by atoms with Crippen molar-refractivity contribution in [2.45, 2.75) is 31.2 Å². The van der Waals surface area contributed by atoms with E-state index < -0.39 is 0 Å². The molecule has 1 N–H and O–H groups in total. The number of nitrogens with one attached hydrogen (secondary N) is 1. The number of hydrogen-bond donors (Lipinski definition) is 1. The average Bonchev–Trinajstić information content (AvgIpc) is 2.65. The molecule has 0 bridgehead atoms. The molecule has 13 heavy (non-hydrogen) atoms. The molecule has 2 heteroatoms. The van der Waals surface area contributed by atoms with Crippen molar-refractivity contribution in [3.63, 3.8) is 0 Å². The lowest BCUT2D eigenvalue weighted by Crippen LogP contribution is -2.13. The maximum atomic E-state index is 3.62. The lowest BCUT2D eigenvalue weighted by Gasteiger charge is -2.08. The van der Waals surface area contributed by atoms with Crippen LogP contribution in [0.1, 0.15) is 30.7 Å². The molecule has 1 aliphatic carbocycles. The Labute approximate surface area is 86.7 Å². The number of benzene rings is 1. The Balaban J connectivity index is 2.12. The van der Waals surface area contributed by atoms with E-state index in [9.17, 15) is 0 Å². The van der Waals surface area contributed by atoms with Crippen molar-refractivity contribution in [2.75, 3.05) is 5.32 Å². The molecule has 68 valence electrons. The first-order chi connectivity index (χ1) is 6.36. The molecule has 1 aliphatic heterocycles. The van der Waals surface area contributed by atoms with E-state index >= 15 is 0 Å². The van der Waals surface area contributed by atoms with Gasteiger partial charge in [0.15, 0.2) is 0 Å². The summed E-state index contributed by atoms with van der Waals surface area (Å²) >= 11 is 3.59. The van der Waals surface area contributed by atoms with Crippen LogP contribution in [-0.4, -0.2) is 6.04 Å². The summed E-state index contributed by atoms with van der Waals surface area (Å²) in [5, 5.41) is 3.62. The standard InChI is InChI=1S/C11H12BrN/c12-9-5-1-4-8-7-3-2-6-10(7)13-11(8)9/h1,4-5,7,10,13H,2-3,6H2. The third-order valence-electron chi connectivity index (χ3n) is 3.29. The Morgan fingerprint density at radius 2 is 2.23 bits per heavy atom. The smallest absolute Gasteiger partial charge is 0.0523 e. The summed E-state index contributed by atoms with van der Waals surface area (Å²) in [5.74, 6) is 0.785. The lowest BCUT2D eigenvalue weighted by atomic mass is 9.98. The first-order valence-corrected chi connectivity index (χ1v) is 5.70. The summed E-state index contributed by atoms with van der Waals surface area (Å²) in [6, 6.07) is 7.25. The van der Waals surface area contributed by atoms with E-state index in [1.165, 1.54) is 35.0 Å². The minimum atomic E-state index is 0.716. The van der Waals surface area contributed by atoms with E-state index in [2.05, 4.69) is 39.4 Å². The van der Waals surface area contributed by atoms with Gasteiger partial charge in [-0.25, -0.2) is 0 Å². The molecule has 2 unspecified atom stereocenters. The summed E-state index contributed by atoms with van der Waals surface area (Å²) in [4.78, 5) is 0. The highest BCUT2D eigenvalue weighted by Crippen LogP contribution is 2.47. The van der Waals surface area contributed by atoms with Gasteiger partial charge >= 0.3 is 0 Å². The second-order valence-corrected chi connectivity index (χ2v) is 4.85. The van der Waals surface area contributed by atoms with Gasteiger partial charge in [0, 0.05) is 16.4 Å². The maximum absolute atomic E-state index is 3.62. The van der Waals surface area contributed by atoms with Gasteiger partial charge in [0.25, 0.3) is 0 Å². The summed E-state index contributed by atoms with van der Waals surface area (Å²) in [5.41, 5.74) is 2.87. The second kappa shape index (κ2) is 2.74. The van der Waals surface area contributed by atoms with Crippen molar-refractivity contribution in [3.05, 3.63) is 28.2 Å². The lowest BCUT2D eigenvalue weighted by molar-refractivity contribution is 0.689. The minimum absolute atomic E-state index is 0.716. The molecule has 0 radical (unpaired) electrons. The first-order valence-electron chi connectivity index (χ1n) is 4.91. The van der Waals surface area contributed by atoms with E-state index in [4.69, 9.17) is 0 Å². The molecule has 1 aromatic carbocycles. The molecule has 1 aromatic rings. The molecule has 1 saturated carbocycles. The Bertz CT molecular complexity index is 348. The van der Waals surface area contributed by atoms with E-state index in [0.717, 1.165) is 5.92 Å². The van der Waals surface area contributed by atoms with Crippen molar-refractivity contribution in [1.82, 2.24) is 0 Å². The largest absolute Gasteiger partial charge is 0.381 e. The molecule has 0 aromatic heterocycles. The second-order valence-electron chi connectivity index (χ2n) is 3.99. The highest BCUT2D eigenvalue weighted by Gasteiger charge is 2.36. The fourth-order valence-electron chi connectivity index (χ4n) is 2.69. The predicted molar refractivity (Wildman–Crippen MR) is 58.1 cm³/mol. The summed E-state index contributed by atoms with van der Waals surface area (Å²) in [6.07, 6.45) is 4.08. The Morgan fingerprint density at radius 1 is 1.31 bits per heavy atom. The van der Waals surface area contributed by atoms with Crippen LogP contribution in [0.15, 0.2) is 22.7 Å². The molecule has 0 spiro atoms. The van der Waals surface area contributed by atoms with Crippen LogP contribution in [0.2, 0.25) is 0 Å². The first kappa shape index (κ1) is 7.86. The third-order valence-corrected chi connectivity index (χ3v) is 3.95. The normalized spacial score (nSPS) is 29.6. The quantitative estimate of drug-likeness (QED) is 0.729. The van der Waals surface area contributed by atoms with Gasteiger partial charge in [0.05, 0.1) is 5.69 Å². The molecule has 1 heterocycles. The van der Waals surface area contributed by atoms with Crippen LogP contribution in [0.3, 0.4) is 0 Å². The molecule has 0 amide bonds. The Morgan fingerprint density at radius 3 is 3.15 bits per heavy atom. The zero-order valence-electron chi connectivity index (χ0n) is 7.39. The predicted octanol–water partition coefficient (Wildman–Crippen LogP) is 3.51. The van der Waals surface area contributed by atoms with Crippen LogP contribution in [0.4, 0.5) is 5.69 Å². The molecule has 2 aliphatic rings. The molecule has 1 fully saturated rings. The topological polar surface area (TPSA) is 12.0 Å².